The van der Waals surface area contributed by atoms with Crippen molar-refractivity contribution in [2.24, 2.45) is 4.99 Å². The largest absolute Gasteiger partial charge is 0.376 e. The first-order chi connectivity index (χ1) is 10.8. The van der Waals surface area contributed by atoms with E-state index in [2.05, 4.69) is 27.6 Å². The number of rotatable bonds is 7. The molecule has 1 saturated heterocycles. The van der Waals surface area contributed by atoms with E-state index < -0.39 is 0 Å². The molecule has 136 valence electrons. The molecule has 1 heterocycles. The summed E-state index contributed by atoms with van der Waals surface area (Å²) in [5.41, 5.74) is 0. The molecule has 0 radical (unpaired) electrons. The average molecular weight is 438 g/mol. The highest BCUT2D eigenvalue weighted by molar-refractivity contribution is 14.0. The standard InChI is InChI=1S/C17H34N4O.HI/c1-18-17(20-14-16-10-6-13-22-16)19-11-7-12-21(2)15-8-4-3-5-9-15;/h15-16H,3-14H2,1-2H3,(H2,18,19,20);1H. The summed E-state index contributed by atoms with van der Waals surface area (Å²) < 4.78 is 5.62. The first kappa shape index (κ1) is 21.0. The van der Waals surface area contributed by atoms with Gasteiger partial charge in [0.1, 0.15) is 0 Å². The molecular formula is C17H35IN4O. The van der Waals surface area contributed by atoms with Gasteiger partial charge in [0.15, 0.2) is 5.96 Å². The molecule has 0 bridgehead atoms. The minimum absolute atomic E-state index is 0. The second-order valence-electron chi connectivity index (χ2n) is 6.64. The lowest BCUT2D eigenvalue weighted by atomic mass is 9.94. The Morgan fingerprint density at radius 3 is 2.57 bits per heavy atom. The molecule has 2 N–H and O–H groups in total. The second kappa shape index (κ2) is 12.3. The molecule has 1 unspecified atom stereocenters. The van der Waals surface area contributed by atoms with Crippen molar-refractivity contribution in [2.75, 3.05) is 40.3 Å². The molecule has 2 fully saturated rings. The van der Waals surface area contributed by atoms with Gasteiger partial charge < -0.3 is 20.3 Å². The zero-order valence-electron chi connectivity index (χ0n) is 14.9. The molecule has 0 aromatic heterocycles. The van der Waals surface area contributed by atoms with Crippen LogP contribution in [0.4, 0.5) is 0 Å². The van der Waals surface area contributed by atoms with E-state index in [1.54, 1.807) is 0 Å². The van der Waals surface area contributed by atoms with E-state index in [-0.39, 0.29) is 24.0 Å². The summed E-state index contributed by atoms with van der Waals surface area (Å²) in [6.07, 6.45) is 10.9. The lowest BCUT2D eigenvalue weighted by Gasteiger charge is -2.31. The van der Waals surface area contributed by atoms with E-state index in [9.17, 15) is 0 Å². The Bertz CT molecular complexity index is 329. The van der Waals surface area contributed by atoms with Crippen molar-refractivity contribution < 1.29 is 4.74 Å². The summed E-state index contributed by atoms with van der Waals surface area (Å²) in [7, 11) is 4.11. The van der Waals surface area contributed by atoms with Gasteiger partial charge in [0.05, 0.1) is 6.10 Å². The van der Waals surface area contributed by atoms with Crippen LogP contribution in [0.2, 0.25) is 0 Å². The van der Waals surface area contributed by atoms with Crippen molar-refractivity contribution >= 4 is 29.9 Å². The van der Waals surface area contributed by atoms with Gasteiger partial charge in [-0.25, -0.2) is 0 Å². The molecule has 1 saturated carbocycles. The summed E-state index contributed by atoms with van der Waals surface area (Å²) in [6.45, 7) is 3.91. The molecule has 0 amide bonds. The Hall–Kier alpha value is -0.0800. The Kier molecular flexibility index (Phi) is 11.2. The van der Waals surface area contributed by atoms with E-state index in [1.165, 1.54) is 45.1 Å². The maximum Gasteiger partial charge on any atom is 0.191 e. The van der Waals surface area contributed by atoms with E-state index in [0.29, 0.717) is 6.10 Å². The lowest BCUT2D eigenvalue weighted by Crippen LogP contribution is -2.42. The predicted molar refractivity (Wildman–Crippen MR) is 108 cm³/mol. The topological polar surface area (TPSA) is 48.9 Å². The van der Waals surface area contributed by atoms with Crippen LogP contribution < -0.4 is 10.6 Å². The monoisotopic (exact) mass is 438 g/mol. The van der Waals surface area contributed by atoms with Gasteiger partial charge in [-0.05, 0) is 45.7 Å². The van der Waals surface area contributed by atoms with Crippen LogP contribution in [-0.4, -0.2) is 63.3 Å². The van der Waals surface area contributed by atoms with Crippen LogP contribution >= 0.6 is 24.0 Å². The van der Waals surface area contributed by atoms with Gasteiger partial charge in [0, 0.05) is 32.8 Å². The van der Waals surface area contributed by atoms with Crippen LogP contribution in [0.3, 0.4) is 0 Å². The molecule has 1 atom stereocenters. The van der Waals surface area contributed by atoms with Crippen LogP contribution in [0.15, 0.2) is 4.99 Å². The third-order valence-corrected chi connectivity index (χ3v) is 4.92. The minimum Gasteiger partial charge on any atom is -0.376 e. The number of ether oxygens (including phenoxy) is 1. The number of nitrogens with one attached hydrogen (secondary N) is 2. The fourth-order valence-electron chi connectivity index (χ4n) is 3.48. The van der Waals surface area contributed by atoms with Crippen molar-refractivity contribution in [3.8, 4) is 0 Å². The molecule has 2 rings (SSSR count). The number of guanidine groups is 1. The Balaban J connectivity index is 0.00000264. The number of halogens is 1. The first-order valence-corrected chi connectivity index (χ1v) is 9.06. The van der Waals surface area contributed by atoms with Gasteiger partial charge in [-0.2, -0.15) is 0 Å². The first-order valence-electron chi connectivity index (χ1n) is 9.06. The molecule has 5 nitrogen and oxygen atoms in total. The SMILES string of the molecule is CN=C(NCCCN(C)C1CCCCC1)NCC1CCCO1.I. The van der Waals surface area contributed by atoms with Crippen LogP contribution in [0.5, 0.6) is 0 Å². The van der Waals surface area contributed by atoms with Crippen molar-refractivity contribution in [2.45, 2.75) is 63.5 Å². The molecule has 0 spiro atoms. The van der Waals surface area contributed by atoms with Gasteiger partial charge >= 0.3 is 0 Å². The van der Waals surface area contributed by atoms with E-state index in [4.69, 9.17) is 4.74 Å². The highest BCUT2D eigenvalue weighted by atomic mass is 127. The molecule has 1 aliphatic heterocycles. The summed E-state index contributed by atoms with van der Waals surface area (Å²) in [5.74, 6) is 0.899. The van der Waals surface area contributed by atoms with Gasteiger partial charge in [0.2, 0.25) is 0 Å². The van der Waals surface area contributed by atoms with Crippen LogP contribution in [-0.2, 0) is 4.74 Å². The molecule has 1 aliphatic carbocycles. The van der Waals surface area contributed by atoms with Crippen LogP contribution in [0, 0.1) is 0 Å². The third kappa shape index (κ3) is 8.03. The number of hydrogen-bond acceptors (Lipinski definition) is 3. The fraction of sp³-hybridized carbons (Fsp3) is 0.941. The Morgan fingerprint density at radius 2 is 1.91 bits per heavy atom. The Labute approximate surface area is 159 Å². The Morgan fingerprint density at radius 1 is 1.13 bits per heavy atom. The minimum atomic E-state index is 0. The normalized spacial score (nSPS) is 22.9. The molecule has 23 heavy (non-hydrogen) atoms. The highest BCUT2D eigenvalue weighted by Gasteiger charge is 2.17. The number of aliphatic imine (C=N–C) groups is 1. The van der Waals surface area contributed by atoms with Crippen molar-refractivity contribution in [1.82, 2.24) is 15.5 Å². The average Bonchev–Trinajstić information content (AvgIpc) is 3.08. The zero-order chi connectivity index (χ0) is 15.6. The second-order valence-corrected chi connectivity index (χ2v) is 6.64. The van der Waals surface area contributed by atoms with E-state index in [1.807, 2.05) is 7.05 Å². The van der Waals surface area contributed by atoms with Gasteiger partial charge in [-0.1, -0.05) is 19.3 Å². The predicted octanol–water partition coefficient (Wildman–Crippen LogP) is 2.60. The number of nitrogens with zero attached hydrogens (tertiary/aromatic N) is 2. The van der Waals surface area contributed by atoms with Gasteiger partial charge in [-0.3, -0.25) is 4.99 Å². The highest BCUT2D eigenvalue weighted by Crippen LogP contribution is 2.21. The van der Waals surface area contributed by atoms with Gasteiger partial charge in [-0.15, -0.1) is 24.0 Å². The smallest absolute Gasteiger partial charge is 0.191 e. The van der Waals surface area contributed by atoms with E-state index >= 15 is 0 Å². The maximum atomic E-state index is 5.62. The molecule has 0 aromatic rings. The molecular weight excluding hydrogens is 403 g/mol. The fourth-order valence-corrected chi connectivity index (χ4v) is 3.48. The maximum absolute atomic E-state index is 5.62. The van der Waals surface area contributed by atoms with Crippen molar-refractivity contribution in [3.63, 3.8) is 0 Å². The zero-order valence-corrected chi connectivity index (χ0v) is 17.2. The van der Waals surface area contributed by atoms with E-state index in [0.717, 1.165) is 44.5 Å². The number of hydrogen-bond donors (Lipinski definition) is 2. The third-order valence-electron chi connectivity index (χ3n) is 4.92. The van der Waals surface area contributed by atoms with Crippen molar-refractivity contribution in [3.05, 3.63) is 0 Å². The van der Waals surface area contributed by atoms with Gasteiger partial charge in [0.25, 0.3) is 0 Å². The summed E-state index contributed by atoms with van der Waals surface area (Å²) in [4.78, 5) is 6.83. The molecule has 2 aliphatic rings. The molecule has 6 heteroatoms. The summed E-state index contributed by atoms with van der Waals surface area (Å²) in [5, 5.41) is 6.77. The van der Waals surface area contributed by atoms with Crippen molar-refractivity contribution in [1.29, 1.82) is 0 Å². The summed E-state index contributed by atoms with van der Waals surface area (Å²) in [6, 6.07) is 0.811. The molecule has 0 aromatic carbocycles. The van der Waals surface area contributed by atoms with Crippen LogP contribution in [0.25, 0.3) is 0 Å². The summed E-state index contributed by atoms with van der Waals surface area (Å²) >= 11 is 0. The quantitative estimate of drug-likeness (QED) is 0.278. The van der Waals surface area contributed by atoms with Crippen LogP contribution in [0.1, 0.15) is 51.4 Å². The lowest BCUT2D eigenvalue weighted by molar-refractivity contribution is 0.114.